The van der Waals surface area contributed by atoms with Gasteiger partial charge in [-0.05, 0) is 62.0 Å². The molecule has 4 aromatic rings. The van der Waals surface area contributed by atoms with Gasteiger partial charge in [0.2, 0.25) is 0 Å². The number of imidazole rings is 1. The van der Waals surface area contributed by atoms with Gasteiger partial charge in [-0.2, -0.15) is 5.26 Å². The highest BCUT2D eigenvalue weighted by Crippen LogP contribution is 2.42. The molecule has 0 saturated carbocycles. The molecule has 2 aromatic carbocycles. The highest BCUT2D eigenvalue weighted by Gasteiger charge is 2.29. The normalized spacial score (nSPS) is 20.8. The van der Waals surface area contributed by atoms with Crippen molar-refractivity contribution in [2.45, 2.75) is 50.5 Å². The number of pyridine rings is 1. The van der Waals surface area contributed by atoms with E-state index in [0.717, 1.165) is 80.2 Å². The standard InChI is InChI=1S/C32H29ClFN5O2/c33-22-5-6-26(27(34)14-22)30-7-4-21-2-1-3-25(32(21)41-30)20-8-11-38(12-9-20)19-31-37-28-15-23(16-35)36-17-29(28)39(31)18-24-10-13-40-24/h1-7,14-15,17,20,24,30H,8-13,18-19H2/t24-,30+/m0/s1. The Hall–Kier alpha value is -3.77. The van der Waals surface area contributed by atoms with E-state index in [1.807, 2.05) is 18.2 Å². The van der Waals surface area contributed by atoms with Gasteiger partial charge in [0.05, 0.1) is 36.4 Å². The van der Waals surface area contributed by atoms with E-state index in [0.29, 0.717) is 22.2 Å². The molecule has 2 atom stereocenters. The van der Waals surface area contributed by atoms with Crippen molar-refractivity contribution in [2.24, 2.45) is 0 Å². The van der Waals surface area contributed by atoms with E-state index in [1.54, 1.807) is 24.4 Å². The highest BCUT2D eigenvalue weighted by molar-refractivity contribution is 6.30. The number of nitriles is 1. The zero-order valence-corrected chi connectivity index (χ0v) is 23.2. The lowest BCUT2D eigenvalue weighted by Crippen LogP contribution is -2.35. The van der Waals surface area contributed by atoms with E-state index in [9.17, 15) is 9.65 Å². The van der Waals surface area contributed by atoms with Crippen LogP contribution in [0.25, 0.3) is 17.1 Å². The van der Waals surface area contributed by atoms with Crippen LogP contribution < -0.4 is 4.74 Å². The molecule has 41 heavy (non-hydrogen) atoms. The van der Waals surface area contributed by atoms with Gasteiger partial charge in [-0.25, -0.2) is 14.4 Å². The minimum atomic E-state index is -0.496. The van der Waals surface area contributed by atoms with Gasteiger partial charge < -0.3 is 14.0 Å². The number of likely N-dealkylation sites (tertiary alicyclic amines) is 1. The van der Waals surface area contributed by atoms with Gasteiger partial charge >= 0.3 is 0 Å². The number of benzene rings is 2. The number of halogens is 2. The van der Waals surface area contributed by atoms with Crippen LogP contribution in [0.2, 0.25) is 5.02 Å². The maximum absolute atomic E-state index is 14.7. The van der Waals surface area contributed by atoms with Crippen molar-refractivity contribution in [1.29, 1.82) is 5.26 Å². The molecule has 0 radical (unpaired) electrons. The van der Waals surface area contributed by atoms with E-state index in [2.05, 4.69) is 32.7 Å². The Labute approximate surface area is 242 Å². The molecule has 3 aliphatic rings. The van der Waals surface area contributed by atoms with E-state index in [-0.39, 0.29) is 11.9 Å². The Morgan fingerprint density at radius 1 is 1.10 bits per heavy atom. The van der Waals surface area contributed by atoms with Crippen molar-refractivity contribution in [3.05, 3.63) is 93.8 Å². The van der Waals surface area contributed by atoms with Crippen LogP contribution >= 0.6 is 11.6 Å². The molecule has 2 aromatic heterocycles. The summed E-state index contributed by atoms with van der Waals surface area (Å²) < 4.78 is 29.0. The van der Waals surface area contributed by atoms with Crippen LogP contribution in [0.15, 0.2) is 54.7 Å². The summed E-state index contributed by atoms with van der Waals surface area (Å²) in [5, 5.41) is 9.67. The van der Waals surface area contributed by atoms with Crippen molar-refractivity contribution in [3.63, 3.8) is 0 Å². The van der Waals surface area contributed by atoms with Crippen molar-refractivity contribution >= 4 is 28.7 Å². The monoisotopic (exact) mass is 569 g/mol. The van der Waals surface area contributed by atoms with Gasteiger partial charge in [-0.1, -0.05) is 41.9 Å². The molecule has 0 aliphatic carbocycles. The third-order valence-electron chi connectivity index (χ3n) is 8.44. The molecule has 2 fully saturated rings. The van der Waals surface area contributed by atoms with Crippen molar-refractivity contribution < 1.29 is 13.9 Å². The first-order chi connectivity index (χ1) is 20.1. The molecule has 208 valence electrons. The second kappa shape index (κ2) is 10.9. The van der Waals surface area contributed by atoms with Crippen molar-refractivity contribution in [1.82, 2.24) is 19.4 Å². The quantitative estimate of drug-likeness (QED) is 0.267. The predicted octanol–water partition coefficient (Wildman–Crippen LogP) is 6.41. The second-order valence-electron chi connectivity index (χ2n) is 11.0. The molecule has 0 bridgehead atoms. The van der Waals surface area contributed by atoms with Crippen molar-refractivity contribution in [3.8, 4) is 11.8 Å². The summed E-state index contributed by atoms with van der Waals surface area (Å²) in [6, 6.07) is 14.9. The summed E-state index contributed by atoms with van der Waals surface area (Å²) in [6.07, 6.45) is 8.38. The average Bonchev–Trinajstić information content (AvgIpc) is 3.30. The van der Waals surface area contributed by atoms with Gasteiger partial charge in [0.15, 0.2) is 0 Å². The Morgan fingerprint density at radius 3 is 2.71 bits per heavy atom. The lowest BCUT2D eigenvalue weighted by molar-refractivity contribution is -0.0592. The smallest absolute Gasteiger partial charge is 0.145 e. The number of ether oxygens (including phenoxy) is 2. The zero-order chi connectivity index (χ0) is 27.9. The summed E-state index contributed by atoms with van der Waals surface area (Å²) in [4.78, 5) is 11.6. The van der Waals surface area contributed by atoms with Crippen molar-refractivity contribution in [2.75, 3.05) is 19.7 Å². The molecule has 0 amide bonds. The predicted molar refractivity (Wildman–Crippen MR) is 154 cm³/mol. The SMILES string of the molecule is N#Cc1cc2nc(CN3CCC(c4cccc5c4O[C@@H](c4ccc(Cl)cc4F)C=C5)CC3)n(C[C@@H]3CCO3)c2cn1. The Balaban J connectivity index is 1.08. The number of rotatable bonds is 6. The summed E-state index contributed by atoms with van der Waals surface area (Å²) in [6.45, 7) is 4.11. The van der Waals surface area contributed by atoms with E-state index >= 15 is 0 Å². The minimum Gasteiger partial charge on any atom is -0.481 e. The van der Waals surface area contributed by atoms with E-state index < -0.39 is 6.10 Å². The maximum atomic E-state index is 14.7. The minimum absolute atomic E-state index is 0.191. The van der Waals surface area contributed by atoms with Crippen LogP contribution in [0.4, 0.5) is 4.39 Å². The molecule has 5 heterocycles. The topological polar surface area (TPSA) is 76.2 Å². The van der Waals surface area contributed by atoms with Gasteiger partial charge in [-0.15, -0.1) is 0 Å². The molecule has 9 heteroatoms. The van der Waals surface area contributed by atoms with Crippen LogP contribution in [-0.4, -0.2) is 45.2 Å². The fraction of sp³-hybridized carbons (Fsp3) is 0.344. The molecular formula is C32H29ClFN5O2. The first kappa shape index (κ1) is 26.1. The third kappa shape index (κ3) is 5.10. The van der Waals surface area contributed by atoms with Crippen LogP contribution in [-0.2, 0) is 17.8 Å². The molecule has 7 rings (SSSR count). The summed E-state index contributed by atoms with van der Waals surface area (Å²) >= 11 is 5.97. The van der Waals surface area contributed by atoms with Crippen LogP contribution in [0.3, 0.4) is 0 Å². The second-order valence-corrected chi connectivity index (χ2v) is 11.4. The first-order valence-corrected chi connectivity index (χ1v) is 14.5. The largest absolute Gasteiger partial charge is 0.481 e. The molecule has 0 N–H and O–H groups in total. The number of fused-ring (bicyclic) bond motifs is 2. The lowest BCUT2D eigenvalue weighted by Gasteiger charge is -2.34. The van der Waals surface area contributed by atoms with Gasteiger partial charge in [-0.3, -0.25) is 4.90 Å². The first-order valence-electron chi connectivity index (χ1n) is 14.1. The van der Waals surface area contributed by atoms with Gasteiger partial charge in [0.25, 0.3) is 0 Å². The van der Waals surface area contributed by atoms with Crippen LogP contribution in [0, 0.1) is 17.1 Å². The maximum Gasteiger partial charge on any atom is 0.145 e. The Morgan fingerprint density at radius 2 is 1.95 bits per heavy atom. The van der Waals surface area contributed by atoms with Crippen LogP contribution in [0.1, 0.15) is 59.5 Å². The summed E-state index contributed by atoms with van der Waals surface area (Å²) in [7, 11) is 0. The Kier molecular flexibility index (Phi) is 6.95. The zero-order valence-electron chi connectivity index (χ0n) is 22.5. The van der Waals surface area contributed by atoms with Gasteiger partial charge in [0, 0.05) is 28.8 Å². The number of para-hydroxylation sites is 1. The fourth-order valence-electron chi connectivity index (χ4n) is 6.11. The average molecular weight is 570 g/mol. The fourth-order valence-corrected chi connectivity index (χ4v) is 6.27. The van der Waals surface area contributed by atoms with Crippen LogP contribution in [0.5, 0.6) is 5.75 Å². The molecule has 0 unspecified atom stereocenters. The summed E-state index contributed by atoms with van der Waals surface area (Å²) in [5.41, 5.74) is 4.79. The number of hydrogen-bond donors (Lipinski definition) is 0. The number of aromatic nitrogens is 3. The molecule has 2 saturated heterocycles. The lowest BCUT2D eigenvalue weighted by atomic mass is 9.87. The number of nitrogens with zero attached hydrogens (tertiary/aromatic N) is 5. The van der Waals surface area contributed by atoms with E-state index in [1.165, 1.54) is 11.6 Å². The number of piperidine rings is 1. The number of hydrogen-bond acceptors (Lipinski definition) is 6. The molecular weight excluding hydrogens is 541 g/mol. The molecule has 7 nitrogen and oxygen atoms in total. The summed E-state index contributed by atoms with van der Waals surface area (Å²) in [5.74, 6) is 1.80. The highest BCUT2D eigenvalue weighted by atomic mass is 35.5. The van der Waals surface area contributed by atoms with E-state index in [4.69, 9.17) is 26.1 Å². The Bertz CT molecular complexity index is 1680. The van der Waals surface area contributed by atoms with Gasteiger partial charge in [0.1, 0.15) is 35.3 Å². The molecule has 0 spiro atoms. The molecule has 3 aliphatic heterocycles. The third-order valence-corrected chi connectivity index (χ3v) is 8.68.